The Morgan fingerprint density at radius 3 is 2.40 bits per heavy atom. The van der Waals surface area contributed by atoms with E-state index in [1.54, 1.807) is 6.07 Å². The summed E-state index contributed by atoms with van der Waals surface area (Å²) >= 11 is 0. The minimum atomic E-state index is -4.56. The van der Waals surface area contributed by atoms with Crippen molar-refractivity contribution in [3.05, 3.63) is 34.9 Å². The third-order valence-corrected chi connectivity index (χ3v) is 1.73. The first-order valence-electron chi connectivity index (χ1n) is 3.77. The molecule has 0 aliphatic rings. The lowest BCUT2D eigenvalue weighted by molar-refractivity contribution is -0.137. The van der Waals surface area contributed by atoms with E-state index in [0.717, 1.165) is 12.1 Å². The molecule has 78 valence electrons. The van der Waals surface area contributed by atoms with Gasteiger partial charge in [0.25, 0.3) is 0 Å². The van der Waals surface area contributed by atoms with Gasteiger partial charge in [0.2, 0.25) is 5.91 Å². The molecular weight excluding hydrogens is 209 g/mol. The zero-order valence-electron chi connectivity index (χ0n) is 7.30. The molecule has 0 bridgehead atoms. The van der Waals surface area contributed by atoms with Gasteiger partial charge in [0.1, 0.15) is 0 Å². The second-order valence-electron chi connectivity index (χ2n) is 2.73. The molecule has 3 nitrogen and oxygen atoms in total. The van der Waals surface area contributed by atoms with Gasteiger partial charge in [-0.05, 0) is 18.2 Å². The summed E-state index contributed by atoms with van der Waals surface area (Å²) in [4.78, 5) is 10.8. The van der Waals surface area contributed by atoms with Crippen LogP contribution in [0.3, 0.4) is 0 Å². The van der Waals surface area contributed by atoms with Crippen molar-refractivity contribution in [2.24, 2.45) is 5.73 Å². The number of rotatable bonds is 1. The normalized spacial score (nSPS) is 10.8. The predicted molar refractivity (Wildman–Crippen MR) is 44.7 cm³/mol. The van der Waals surface area contributed by atoms with E-state index in [4.69, 9.17) is 11.0 Å². The highest BCUT2D eigenvalue weighted by Crippen LogP contribution is 2.30. The van der Waals surface area contributed by atoms with Crippen molar-refractivity contribution < 1.29 is 18.0 Å². The molecular formula is C9H5F3N2O. The molecule has 0 aliphatic heterocycles. The molecule has 15 heavy (non-hydrogen) atoms. The number of amides is 1. The smallest absolute Gasteiger partial charge is 0.366 e. The van der Waals surface area contributed by atoms with E-state index in [-0.39, 0.29) is 5.56 Å². The van der Waals surface area contributed by atoms with Crippen LogP contribution in [0.5, 0.6) is 0 Å². The molecule has 0 aromatic heterocycles. The quantitative estimate of drug-likeness (QED) is 0.772. The number of benzene rings is 1. The molecule has 0 saturated carbocycles. The van der Waals surface area contributed by atoms with Gasteiger partial charge in [-0.25, -0.2) is 0 Å². The van der Waals surface area contributed by atoms with E-state index >= 15 is 0 Å². The fourth-order valence-corrected chi connectivity index (χ4v) is 1.02. The highest BCUT2D eigenvalue weighted by atomic mass is 19.4. The molecule has 1 aromatic carbocycles. The minimum Gasteiger partial charge on any atom is -0.366 e. The Balaban J connectivity index is 3.37. The largest absolute Gasteiger partial charge is 0.416 e. The minimum absolute atomic E-state index is 0.171. The van der Waals surface area contributed by atoms with E-state index in [9.17, 15) is 18.0 Å². The summed E-state index contributed by atoms with van der Waals surface area (Å²) in [7, 11) is 0. The molecule has 0 saturated heterocycles. The van der Waals surface area contributed by atoms with Crippen LogP contribution in [0.2, 0.25) is 0 Å². The summed E-state index contributed by atoms with van der Waals surface area (Å²) in [5, 5.41) is 8.52. The van der Waals surface area contributed by atoms with E-state index in [0.29, 0.717) is 6.07 Å². The van der Waals surface area contributed by atoms with Gasteiger partial charge in [-0.15, -0.1) is 0 Å². The van der Waals surface area contributed by atoms with Crippen molar-refractivity contribution in [2.75, 3.05) is 0 Å². The monoisotopic (exact) mass is 214 g/mol. The molecule has 1 aromatic rings. The summed E-state index contributed by atoms with van der Waals surface area (Å²) in [6.07, 6.45) is -4.56. The van der Waals surface area contributed by atoms with Crippen molar-refractivity contribution >= 4 is 5.91 Å². The fourth-order valence-electron chi connectivity index (χ4n) is 1.02. The third-order valence-electron chi connectivity index (χ3n) is 1.73. The van der Waals surface area contributed by atoms with Crippen LogP contribution >= 0.6 is 0 Å². The lowest BCUT2D eigenvalue weighted by Crippen LogP contribution is -2.15. The topological polar surface area (TPSA) is 66.9 Å². The number of nitriles is 1. The second-order valence-corrected chi connectivity index (χ2v) is 2.73. The van der Waals surface area contributed by atoms with Crippen LogP contribution in [0.25, 0.3) is 0 Å². The van der Waals surface area contributed by atoms with Crippen LogP contribution in [0, 0.1) is 11.3 Å². The summed E-state index contributed by atoms with van der Waals surface area (Å²) in [6, 6.07) is 3.80. The van der Waals surface area contributed by atoms with Crippen LogP contribution in [0.1, 0.15) is 21.5 Å². The maximum absolute atomic E-state index is 12.2. The standard InChI is InChI=1S/C9H5F3N2O/c10-9(11,12)6-2-1-5(4-13)7(3-6)8(14)15/h1-3H,(H2,14,15). The lowest BCUT2D eigenvalue weighted by atomic mass is 10.0. The number of carbonyl (C=O) groups is 1. The number of alkyl halides is 3. The van der Waals surface area contributed by atoms with Crippen molar-refractivity contribution in [1.29, 1.82) is 5.26 Å². The van der Waals surface area contributed by atoms with E-state index in [1.807, 2.05) is 0 Å². The molecule has 0 radical (unpaired) electrons. The van der Waals surface area contributed by atoms with Gasteiger partial charge < -0.3 is 5.73 Å². The number of nitrogens with two attached hydrogens (primary N) is 1. The van der Waals surface area contributed by atoms with Crippen LogP contribution in [-0.4, -0.2) is 5.91 Å². The number of nitrogens with zero attached hydrogens (tertiary/aromatic N) is 1. The first kappa shape index (κ1) is 11.0. The Hall–Kier alpha value is -2.03. The Morgan fingerprint density at radius 1 is 1.40 bits per heavy atom. The molecule has 2 N–H and O–H groups in total. The predicted octanol–water partition coefficient (Wildman–Crippen LogP) is 1.68. The Bertz CT molecular complexity index is 446. The summed E-state index contributed by atoms with van der Waals surface area (Å²) in [6.45, 7) is 0. The maximum atomic E-state index is 12.2. The van der Waals surface area contributed by atoms with Gasteiger partial charge in [0.15, 0.2) is 0 Å². The highest BCUT2D eigenvalue weighted by molar-refractivity contribution is 5.95. The van der Waals surface area contributed by atoms with Crippen LogP contribution < -0.4 is 5.73 Å². The summed E-state index contributed by atoms with van der Waals surface area (Å²) in [5.74, 6) is -1.06. The van der Waals surface area contributed by atoms with Gasteiger partial charge in [-0.3, -0.25) is 4.79 Å². The zero-order chi connectivity index (χ0) is 11.6. The molecule has 1 amide bonds. The molecule has 0 unspecified atom stereocenters. The lowest BCUT2D eigenvalue weighted by Gasteiger charge is -2.08. The Labute approximate surface area is 82.9 Å². The van der Waals surface area contributed by atoms with Gasteiger partial charge >= 0.3 is 6.18 Å². The molecule has 0 spiro atoms. The van der Waals surface area contributed by atoms with E-state index < -0.39 is 23.2 Å². The molecule has 6 heteroatoms. The van der Waals surface area contributed by atoms with Gasteiger partial charge in [0.05, 0.1) is 22.8 Å². The summed E-state index contributed by atoms with van der Waals surface area (Å²) < 4.78 is 36.7. The molecule has 0 fully saturated rings. The van der Waals surface area contributed by atoms with Crippen LogP contribution in [0.15, 0.2) is 18.2 Å². The number of carbonyl (C=O) groups excluding carboxylic acids is 1. The number of hydrogen-bond acceptors (Lipinski definition) is 2. The molecule has 1 rings (SSSR count). The van der Waals surface area contributed by atoms with E-state index in [2.05, 4.69) is 0 Å². The first-order chi connectivity index (χ1) is 6.86. The van der Waals surface area contributed by atoms with Crippen molar-refractivity contribution in [3.63, 3.8) is 0 Å². The number of hydrogen-bond donors (Lipinski definition) is 1. The average molecular weight is 214 g/mol. The van der Waals surface area contributed by atoms with E-state index in [1.165, 1.54) is 0 Å². The number of primary amides is 1. The summed E-state index contributed by atoms with van der Waals surface area (Å²) in [5.41, 5.74) is 3.25. The van der Waals surface area contributed by atoms with Gasteiger partial charge in [-0.2, -0.15) is 18.4 Å². The van der Waals surface area contributed by atoms with Crippen LogP contribution in [-0.2, 0) is 6.18 Å². The average Bonchev–Trinajstić information content (AvgIpc) is 2.15. The van der Waals surface area contributed by atoms with Gasteiger partial charge in [0, 0.05) is 0 Å². The first-order valence-corrected chi connectivity index (χ1v) is 3.77. The molecule has 0 atom stereocenters. The Morgan fingerprint density at radius 2 is 2.00 bits per heavy atom. The fraction of sp³-hybridized carbons (Fsp3) is 0.111. The molecule has 0 heterocycles. The second kappa shape index (κ2) is 3.61. The van der Waals surface area contributed by atoms with Crippen molar-refractivity contribution in [2.45, 2.75) is 6.18 Å². The third kappa shape index (κ3) is 2.26. The molecule has 0 aliphatic carbocycles. The Kier molecular flexibility index (Phi) is 2.66. The zero-order valence-corrected chi connectivity index (χ0v) is 7.30. The maximum Gasteiger partial charge on any atom is 0.416 e. The van der Waals surface area contributed by atoms with Gasteiger partial charge in [-0.1, -0.05) is 0 Å². The van der Waals surface area contributed by atoms with Crippen molar-refractivity contribution in [1.82, 2.24) is 0 Å². The number of halogens is 3. The SMILES string of the molecule is N#Cc1ccc(C(F)(F)F)cc1C(N)=O. The van der Waals surface area contributed by atoms with Crippen LogP contribution in [0.4, 0.5) is 13.2 Å². The highest BCUT2D eigenvalue weighted by Gasteiger charge is 2.31. The van der Waals surface area contributed by atoms with Crippen molar-refractivity contribution in [3.8, 4) is 6.07 Å².